The van der Waals surface area contributed by atoms with Crippen LogP contribution >= 0.6 is 0 Å². The van der Waals surface area contributed by atoms with Gasteiger partial charge in [-0.15, -0.1) is 0 Å². The van der Waals surface area contributed by atoms with E-state index in [0.717, 1.165) is 31.2 Å². The highest BCUT2D eigenvalue weighted by Crippen LogP contribution is 2.16. The lowest BCUT2D eigenvalue weighted by molar-refractivity contribution is -0.122. The van der Waals surface area contributed by atoms with E-state index in [0.29, 0.717) is 6.42 Å². The number of hydrogen-bond acceptors (Lipinski definition) is 1. The Morgan fingerprint density at radius 1 is 1.35 bits per heavy atom. The van der Waals surface area contributed by atoms with E-state index in [-0.39, 0.29) is 17.5 Å². The van der Waals surface area contributed by atoms with Crippen LogP contribution in [0.15, 0.2) is 24.3 Å². The van der Waals surface area contributed by atoms with E-state index < -0.39 is 0 Å². The molecular formula is C15H21FO. The van der Waals surface area contributed by atoms with Gasteiger partial charge in [-0.05, 0) is 30.5 Å². The molecule has 1 rings (SSSR count). The fourth-order valence-electron chi connectivity index (χ4n) is 2.04. The standard InChI is InChI=1S/C15H21FO/c1-3-5-8-13(4-2)15(17)11-12-7-6-9-14(16)10-12/h6-7,9-10,13H,3-5,8,11H2,1-2H3. The fourth-order valence-corrected chi connectivity index (χ4v) is 2.04. The van der Waals surface area contributed by atoms with Crippen molar-refractivity contribution in [2.75, 3.05) is 0 Å². The maximum absolute atomic E-state index is 13.0. The quantitative estimate of drug-likeness (QED) is 0.695. The highest BCUT2D eigenvalue weighted by atomic mass is 19.1. The monoisotopic (exact) mass is 236 g/mol. The largest absolute Gasteiger partial charge is 0.299 e. The maximum Gasteiger partial charge on any atom is 0.140 e. The minimum atomic E-state index is -0.267. The SMILES string of the molecule is CCCCC(CC)C(=O)Cc1cccc(F)c1. The van der Waals surface area contributed by atoms with Crippen LogP contribution in [0.1, 0.15) is 45.1 Å². The summed E-state index contributed by atoms with van der Waals surface area (Å²) in [6, 6.07) is 6.32. The summed E-state index contributed by atoms with van der Waals surface area (Å²) in [5.74, 6) is 0.113. The molecule has 0 aromatic heterocycles. The first kappa shape index (κ1) is 13.9. The number of Topliss-reactive ketones (excluding diaryl/α,β-unsaturated/α-hetero) is 1. The summed E-state index contributed by atoms with van der Waals surface area (Å²) in [7, 11) is 0. The van der Waals surface area contributed by atoms with E-state index in [1.165, 1.54) is 12.1 Å². The molecule has 0 bridgehead atoms. The van der Waals surface area contributed by atoms with E-state index in [2.05, 4.69) is 6.92 Å². The van der Waals surface area contributed by atoms with Crippen LogP contribution in [0.3, 0.4) is 0 Å². The summed E-state index contributed by atoms with van der Waals surface area (Å²) in [6.45, 7) is 4.17. The number of benzene rings is 1. The normalized spacial score (nSPS) is 12.4. The zero-order chi connectivity index (χ0) is 12.7. The predicted molar refractivity (Wildman–Crippen MR) is 68.4 cm³/mol. The third-order valence-electron chi connectivity index (χ3n) is 3.12. The first-order valence-corrected chi connectivity index (χ1v) is 6.44. The molecule has 1 aromatic rings. The van der Waals surface area contributed by atoms with Gasteiger partial charge in [-0.2, -0.15) is 0 Å². The predicted octanol–water partition coefficient (Wildman–Crippen LogP) is 4.15. The van der Waals surface area contributed by atoms with Gasteiger partial charge in [0, 0.05) is 12.3 Å². The molecule has 0 aliphatic heterocycles. The lowest BCUT2D eigenvalue weighted by Crippen LogP contribution is -2.16. The lowest BCUT2D eigenvalue weighted by Gasteiger charge is -2.13. The number of carbonyl (C=O) groups is 1. The van der Waals surface area contributed by atoms with Crippen LogP contribution in [0.25, 0.3) is 0 Å². The number of rotatable bonds is 7. The molecule has 1 aromatic carbocycles. The van der Waals surface area contributed by atoms with Gasteiger partial charge in [-0.1, -0.05) is 38.8 Å². The minimum absolute atomic E-state index is 0.137. The van der Waals surface area contributed by atoms with Crippen molar-refractivity contribution in [2.24, 2.45) is 5.92 Å². The average Bonchev–Trinajstić information content (AvgIpc) is 2.30. The van der Waals surface area contributed by atoms with Crippen molar-refractivity contribution in [1.29, 1.82) is 0 Å². The molecule has 0 aliphatic rings. The molecule has 2 heteroatoms. The van der Waals surface area contributed by atoms with Crippen molar-refractivity contribution in [1.82, 2.24) is 0 Å². The molecule has 0 saturated heterocycles. The van der Waals surface area contributed by atoms with Gasteiger partial charge >= 0.3 is 0 Å². The Labute approximate surface area is 103 Å². The van der Waals surface area contributed by atoms with E-state index >= 15 is 0 Å². The molecule has 1 nitrogen and oxygen atoms in total. The zero-order valence-electron chi connectivity index (χ0n) is 10.7. The smallest absolute Gasteiger partial charge is 0.140 e. The third kappa shape index (κ3) is 4.68. The van der Waals surface area contributed by atoms with Crippen LogP contribution in [0.2, 0.25) is 0 Å². The average molecular weight is 236 g/mol. The van der Waals surface area contributed by atoms with Crippen molar-refractivity contribution in [2.45, 2.75) is 46.0 Å². The molecule has 94 valence electrons. The first-order chi connectivity index (χ1) is 8.17. The molecule has 0 spiro atoms. The molecule has 0 saturated carbocycles. The van der Waals surface area contributed by atoms with Crippen LogP contribution in [0.4, 0.5) is 4.39 Å². The van der Waals surface area contributed by atoms with E-state index in [9.17, 15) is 9.18 Å². The van der Waals surface area contributed by atoms with Gasteiger partial charge in [-0.3, -0.25) is 4.79 Å². The third-order valence-corrected chi connectivity index (χ3v) is 3.12. The van der Waals surface area contributed by atoms with Gasteiger partial charge < -0.3 is 0 Å². The summed E-state index contributed by atoms with van der Waals surface area (Å²) in [4.78, 5) is 12.0. The fraction of sp³-hybridized carbons (Fsp3) is 0.533. The van der Waals surface area contributed by atoms with Gasteiger partial charge in [0.25, 0.3) is 0 Å². The molecule has 0 heterocycles. The van der Waals surface area contributed by atoms with Gasteiger partial charge in [0.2, 0.25) is 0 Å². The molecule has 0 amide bonds. The van der Waals surface area contributed by atoms with Gasteiger partial charge in [0.15, 0.2) is 0 Å². The van der Waals surface area contributed by atoms with Gasteiger partial charge in [0.1, 0.15) is 11.6 Å². The summed E-state index contributed by atoms with van der Waals surface area (Å²) >= 11 is 0. The van der Waals surface area contributed by atoms with E-state index in [1.807, 2.05) is 13.0 Å². The van der Waals surface area contributed by atoms with E-state index in [1.54, 1.807) is 6.07 Å². The number of halogens is 1. The number of ketones is 1. The van der Waals surface area contributed by atoms with Crippen LogP contribution in [-0.4, -0.2) is 5.78 Å². The maximum atomic E-state index is 13.0. The first-order valence-electron chi connectivity index (χ1n) is 6.44. The number of unbranched alkanes of at least 4 members (excludes halogenated alkanes) is 1. The summed E-state index contributed by atoms with van der Waals surface area (Å²) in [6.07, 6.45) is 4.41. The topological polar surface area (TPSA) is 17.1 Å². The van der Waals surface area contributed by atoms with Crippen molar-refractivity contribution in [3.8, 4) is 0 Å². The van der Waals surface area contributed by atoms with Crippen molar-refractivity contribution >= 4 is 5.78 Å². The zero-order valence-corrected chi connectivity index (χ0v) is 10.7. The molecule has 0 aliphatic carbocycles. The highest BCUT2D eigenvalue weighted by Gasteiger charge is 2.16. The minimum Gasteiger partial charge on any atom is -0.299 e. The van der Waals surface area contributed by atoms with Gasteiger partial charge in [0.05, 0.1) is 0 Å². The molecule has 0 radical (unpaired) electrons. The molecule has 0 fully saturated rings. The highest BCUT2D eigenvalue weighted by molar-refractivity contribution is 5.83. The van der Waals surface area contributed by atoms with Crippen molar-refractivity contribution < 1.29 is 9.18 Å². The molecular weight excluding hydrogens is 215 g/mol. The molecule has 17 heavy (non-hydrogen) atoms. The Bertz CT molecular complexity index is 360. The summed E-state index contributed by atoms with van der Waals surface area (Å²) in [5.41, 5.74) is 0.782. The second-order valence-electron chi connectivity index (χ2n) is 4.52. The Morgan fingerprint density at radius 2 is 2.12 bits per heavy atom. The summed E-state index contributed by atoms with van der Waals surface area (Å²) in [5, 5.41) is 0. The molecule has 1 unspecified atom stereocenters. The van der Waals surface area contributed by atoms with Crippen LogP contribution in [0, 0.1) is 11.7 Å². The van der Waals surface area contributed by atoms with Gasteiger partial charge in [-0.25, -0.2) is 4.39 Å². The molecule has 0 N–H and O–H groups in total. The van der Waals surface area contributed by atoms with Crippen LogP contribution in [-0.2, 0) is 11.2 Å². The van der Waals surface area contributed by atoms with Crippen molar-refractivity contribution in [3.05, 3.63) is 35.6 Å². The second kappa shape index (κ2) is 7.21. The number of hydrogen-bond donors (Lipinski definition) is 0. The van der Waals surface area contributed by atoms with Crippen LogP contribution in [0.5, 0.6) is 0 Å². The molecule has 1 atom stereocenters. The second-order valence-corrected chi connectivity index (χ2v) is 4.52. The Morgan fingerprint density at radius 3 is 2.71 bits per heavy atom. The lowest BCUT2D eigenvalue weighted by atomic mass is 9.91. The van der Waals surface area contributed by atoms with Crippen LogP contribution < -0.4 is 0 Å². The Kier molecular flexibility index (Phi) is 5.88. The van der Waals surface area contributed by atoms with E-state index in [4.69, 9.17) is 0 Å². The Hall–Kier alpha value is -1.18. The van der Waals surface area contributed by atoms with Crippen molar-refractivity contribution in [3.63, 3.8) is 0 Å². The number of carbonyl (C=O) groups excluding carboxylic acids is 1. The summed E-state index contributed by atoms with van der Waals surface area (Å²) < 4.78 is 13.0. The Balaban J connectivity index is 2.57.